The van der Waals surface area contributed by atoms with E-state index in [-0.39, 0.29) is 6.04 Å². The molecule has 100 valence electrons. The first-order chi connectivity index (χ1) is 8.67. The minimum Gasteiger partial charge on any atom is -0.383 e. The lowest BCUT2D eigenvalue weighted by atomic mass is 10.2. The molecule has 0 aromatic heterocycles. The third-order valence-corrected chi connectivity index (χ3v) is 3.08. The molecule has 0 bridgehead atoms. The Morgan fingerprint density at radius 2 is 2.22 bits per heavy atom. The molecule has 0 amide bonds. The molecule has 1 atom stereocenters. The van der Waals surface area contributed by atoms with Gasteiger partial charge in [-0.3, -0.25) is 5.43 Å². The van der Waals surface area contributed by atoms with E-state index in [9.17, 15) is 0 Å². The van der Waals surface area contributed by atoms with Crippen molar-refractivity contribution in [2.45, 2.75) is 19.5 Å². The maximum atomic E-state index is 5.42. The largest absolute Gasteiger partial charge is 0.383 e. The van der Waals surface area contributed by atoms with Gasteiger partial charge in [0.25, 0.3) is 0 Å². The summed E-state index contributed by atoms with van der Waals surface area (Å²) in [5, 5.41) is 3.13. The Morgan fingerprint density at radius 3 is 2.83 bits per heavy atom. The van der Waals surface area contributed by atoms with Crippen LogP contribution in [0.2, 0.25) is 0 Å². The minimum absolute atomic E-state index is 0.143. The number of ether oxygens (including phenoxy) is 1. The molecule has 0 aliphatic carbocycles. The molecule has 6 heteroatoms. The first kappa shape index (κ1) is 14.9. The highest BCUT2D eigenvalue weighted by atomic mass is 79.9. The van der Waals surface area contributed by atoms with E-state index in [1.807, 2.05) is 31.2 Å². The van der Waals surface area contributed by atoms with Crippen LogP contribution in [0.4, 0.5) is 0 Å². The van der Waals surface area contributed by atoms with Crippen LogP contribution < -0.4 is 16.6 Å². The molecule has 0 spiro atoms. The zero-order valence-electron chi connectivity index (χ0n) is 10.6. The van der Waals surface area contributed by atoms with E-state index in [4.69, 9.17) is 10.6 Å². The van der Waals surface area contributed by atoms with Crippen LogP contribution in [0.25, 0.3) is 0 Å². The van der Waals surface area contributed by atoms with Gasteiger partial charge in [-0.15, -0.1) is 0 Å². The van der Waals surface area contributed by atoms with Gasteiger partial charge in [-0.25, -0.2) is 10.8 Å². The summed E-state index contributed by atoms with van der Waals surface area (Å²) in [5.41, 5.74) is 3.65. The van der Waals surface area contributed by atoms with Gasteiger partial charge in [0.1, 0.15) is 0 Å². The van der Waals surface area contributed by atoms with Gasteiger partial charge in [0.15, 0.2) is 0 Å². The Hall–Kier alpha value is -1.11. The third kappa shape index (κ3) is 5.03. The molecule has 0 fully saturated rings. The lowest BCUT2D eigenvalue weighted by Crippen LogP contribution is -2.46. The molecule has 1 rings (SSSR count). The number of hydrogen-bond acceptors (Lipinski definition) is 3. The molecule has 1 aromatic rings. The Kier molecular flexibility index (Phi) is 6.70. The standard InChI is InChI=1S/C12H19BrN4O/c1-9(8-18-2)16-12(17-14)15-7-10-5-3-4-6-11(10)13/h3-6,9H,7-8,14H2,1-2H3,(H2,15,16,17). The van der Waals surface area contributed by atoms with E-state index < -0.39 is 0 Å². The molecule has 18 heavy (non-hydrogen) atoms. The number of nitrogens with one attached hydrogen (secondary N) is 2. The molecule has 0 heterocycles. The van der Waals surface area contributed by atoms with Crippen molar-refractivity contribution in [3.63, 3.8) is 0 Å². The molecular weight excluding hydrogens is 296 g/mol. The maximum Gasteiger partial charge on any atom is 0.206 e. The average Bonchev–Trinajstić information content (AvgIpc) is 2.36. The SMILES string of the molecule is COCC(C)NC(=NCc1ccccc1Br)NN. The highest BCUT2D eigenvalue weighted by Gasteiger charge is 2.04. The van der Waals surface area contributed by atoms with Gasteiger partial charge in [-0.05, 0) is 18.6 Å². The summed E-state index contributed by atoms with van der Waals surface area (Å²) in [6.07, 6.45) is 0. The van der Waals surface area contributed by atoms with Gasteiger partial charge in [0.05, 0.1) is 13.2 Å². The summed E-state index contributed by atoms with van der Waals surface area (Å²) in [6.45, 7) is 3.14. The van der Waals surface area contributed by atoms with E-state index in [1.165, 1.54) is 0 Å². The first-order valence-electron chi connectivity index (χ1n) is 5.67. The Bertz CT molecular complexity index is 397. The van der Waals surface area contributed by atoms with Crippen molar-refractivity contribution >= 4 is 21.9 Å². The number of hydrogen-bond donors (Lipinski definition) is 3. The normalized spacial score (nSPS) is 13.2. The summed E-state index contributed by atoms with van der Waals surface area (Å²) in [4.78, 5) is 4.38. The predicted octanol–water partition coefficient (Wildman–Crippen LogP) is 1.39. The Labute approximate surface area is 116 Å². The topological polar surface area (TPSA) is 71.7 Å². The number of halogens is 1. The van der Waals surface area contributed by atoms with Crippen LogP contribution in [0, 0.1) is 0 Å². The fraction of sp³-hybridized carbons (Fsp3) is 0.417. The van der Waals surface area contributed by atoms with Crippen molar-refractivity contribution in [2.24, 2.45) is 10.8 Å². The fourth-order valence-corrected chi connectivity index (χ4v) is 1.86. The maximum absolute atomic E-state index is 5.42. The number of nitrogens with two attached hydrogens (primary N) is 1. The van der Waals surface area contributed by atoms with Crippen LogP contribution in [0.15, 0.2) is 33.7 Å². The average molecular weight is 315 g/mol. The second-order valence-electron chi connectivity index (χ2n) is 3.90. The molecule has 0 aliphatic rings. The minimum atomic E-state index is 0.143. The zero-order chi connectivity index (χ0) is 13.4. The van der Waals surface area contributed by atoms with E-state index in [0.717, 1.165) is 10.0 Å². The molecule has 4 N–H and O–H groups in total. The summed E-state index contributed by atoms with van der Waals surface area (Å²) >= 11 is 3.48. The summed E-state index contributed by atoms with van der Waals surface area (Å²) in [7, 11) is 1.66. The summed E-state index contributed by atoms with van der Waals surface area (Å²) in [6, 6.07) is 8.09. The lowest BCUT2D eigenvalue weighted by molar-refractivity contribution is 0.179. The van der Waals surface area contributed by atoms with Crippen LogP contribution in [0.3, 0.4) is 0 Å². The van der Waals surface area contributed by atoms with E-state index in [2.05, 4.69) is 31.7 Å². The van der Waals surface area contributed by atoms with Crippen molar-refractivity contribution in [1.82, 2.24) is 10.7 Å². The number of hydrazine groups is 1. The molecule has 1 unspecified atom stereocenters. The van der Waals surface area contributed by atoms with Crippen LogP contribution in [0.5, 0.6) is 0 Å². The van der Waals surface area contributed by atoms with Crippen LogP contribution in [-0.2, 0) is 11.3 Å². The first-order valence-corrected chi connectivity index (χ1v) is 6.46. The van der Waals surface area contributed by atoms with E-state index >= 15 is 0 Å². The van der Waals surface area contributed by atoms with Gasteiger partial charge in [0, 0.05) is 17.6 Å². The highest BCUT2D eigenvalue weighted by molar-refractivity contribution is 9.10. The Morgan fingerprint density at radius 1 is 1.50 bits per heavy atom. The quantitative estimate of drug-likeness (QED) is 0.332. The van der Waals surface area contributed by atoms with E-state index in [1.54, 1.807) is 7.11 Å². The number of rotatable bonds is 5. The second-order valence-corrected chi connectivity index (χ2v) is 4.76. The Balaban J connectivity index is 2.60. The summed E-state index contributed by atoms with van der Waals surface area (Å²) in [5.74, 6) is 5.97. The van der Waals surface area contributed by atoms with Gasteiger partial charge >= 0.3 is 0 Å². The smallest absolute Gasteiger partial charge is 0.206 e. The van der Waals surface area contributed by atoms with Gasteiger partial charge in [-0.2, -0.15) is 0 Å². The lowest BCUT2D eigenvalue weighted by Gasteiger charge is -2.15. The van der Waals surface area contributed by atoms with E-state index in [0.29, 0.717) is 19.1 Å². The van der Waals surface area contributed by atoms with Crippen LogP contribution >= 0.6 is 15.9 Å². The van der Waals surface area contributed by atoms with Crippen LogP contribution in [-0.4, -0.2) is 25.7 Å². The van der Waals surface area contributed by atoms with Gasteiger partial charge in [-0.1, -0.05) is 34.1 Å². The molecule has 5 nitrogen and oxygen atoms in total. The number of nitrogens with zero attached hydrogens (tertiary/aromatic N) is 1. The molecule has 0 saturated carbocycles. The molecular formula is C12H19BrN4O. The van der Waals surface area contributed by atoms with Gasteiger partial charge in [0.2, 0.25) is 5.96 Å². The number of aliphatic imine (C=N–C) groups is 1. The molecule has 1 aromatic carbocycles. The van der Waals surface area contributed by atoms with Crippen molar-refractivity contribution in [3.05, 3.63) is 34.3 Å². The second kappa shape index (κ2) is 8.07. The van der Waals surface area contributed by atoms with Crippen molar-refractivity contribution < 1.29 is 4.74 Å². The molecule has 0 saturated heterocycles. The fourth-order valence-electron chi connectivity index (χ4n) is 1.45. The highest BCUT2D eigenvalue weighted by Crippen LogP contribution is 2.16. The predicted molar refractivity (Wildman–Crippen MR) is 77.1 cm³/mol. The van der Waals surface area contributed by atoms with Crippen molar-refractivity contribution in [3.8, 4) is 0 Å². The molecule has 0 radical (unpaired) electrons. The van der Waals surface area contributed by atoms with Crippen molar-refractivity contribution in [1.29, 1.82) is 0 Å². The number of benzene rings is 1. The third-order valence-electron chi connectivity index (χ3n) is 2.30. The number of methoxy groups -OCH3 is 1. The molecule has 0 aliphatic heterocycles. The number of guanidine groups is 1. The summed E-state index contributed by atoms with van der Waals surface area (Å²) < 4.78 is 6.07. The van der Waals surface area contributed by atoms with Gasteiger partial charge < -0.3 is 10.1 Å². The monoisotopic (exact) mass is 314 g/mol. The van der Waals surface area contributed by atoms with Crippen LogP contribution in [0.1, 0.15) is 12.5 Å². The van der Waals surface area contributed by atoms with Crippen molar-refractivity contribution in [2.75, 3.05) is 13.7 Å². The zero-order valence-corrected chi connectivity index (χ0v) is 12.2.